The Kier molecular flexibility index (Phi) is 5.48. The van der Waals surface area contributed by atoms with Crippen LogP contribution < -0.4 is 9.47 Å². The number of nitrogens with zero attached hydrogens (tertiary/aromatic N) is 2. The molecule has 1 saturated heterocycles. The molecule has 4 nitrogen and oxygen atoms in total. The van der Waals surface area contributed by atoms with Gasteiger partial charge in [0, 0.05) is 31.3 Å². The van der Waals surface area contributed by atoms with Gasteiger partial charge in [-0.3, -0.25) is 4.90 Å². The molecular formula is C19H24N2O2. The van der Waals surface area contributed by atoms with Gasteiger partial charge in [0.2, 0.25) is 5.88 Å². The highest BCUT2D eigenvalue weighted by Crippen LogP contribution is 2.21. The number of piperidine rings is 1. The summed E-state index contributed by atoms with van der Waals surface area (Å²) in [5, 5.41) is 0. The molecule has 1 aliphatic heterocycles. The molecule has 1 aromatic carbocycles. The number of rotatable bonds is 6. The normalized spacial score (nSPS) is 18.6. The lowest BCUT2D eigenvalue weighted by atomic mass is 9.98. The first-order valence-electron chi connectivity index (χ1n) is 8.22. The molecule has 0 spiro atoms. The maximum Gasteiger partial charge on any atom is 0.213 e. The van der Waals surface area contributed by atoms with Crippen LogP contribution >= 0.6 is 0 Å². The van der Waals surface area contributed by atoms with Crippen molar-refractivity contribution in [1.82, 2.24) is 9.88 Å². The van der Waals surface area contributed by atoms with Crippen molar-refractivity contribution < 1.29 is 9.47 Å². The van der Waals surface area contributed by atoms with Crippen molar-refractivity contribution in [3.63, 3.8) is 0 Å². The van der Waals surface area contributed by atoms with Crippen LogP contribution in [0.1, 0.15) is 18.4 Å². The van der Waals surface area contributed by atoms with Crippen LogP contribution in [0.4, 0.5) is 0 Å². The number of aromatic nitrogens is 1. The smallest absolute Gasteiger partial charge is 0.213 e. The zero-order valence-electron chi connectivity index (χ0n) is 13.6. The molecule has 0 radical (unpaired) electrons. The van der Waals surface area contributed by atoms with Crippen LogP contribution in [0.5, 0.6) is 11.6 Å². The molecule has 2 aromatic rings. The highest BCUT2D eigenvalue weighted by Gasteiger charge is 2.20. The van der Waals surface area contributed by atoms with E-state index in [2.05, 4.69) is 28.1 Å². The van der Waals surface area contributed by atoms with E-state index < -0.39 is 0 Å². The molecule has 3 rings (SSSR count). The van der Waals surface area contributed by atoms with Crippen molar-refractivity contribution in [2.75, 3.05) is 26.8 Å². The molecule has 1 aromatic heterocycles. The van der Waals surface area contributed by atoms with Crippen LogP contribution in [0.3, 0.4) is 0 Å². The van der Waals surface area contributed by atoms with E-state index in [1.165, 1.54) is 18.4 Å². The fraction of sp³-hybridized carbons (Fsp3) is 0.421. The Morgan fingerprint density at radius 2 is 2.17 bits per heavy atom. The first-order valence-corrected chi connectivity index (χ1v) is 8.22. The number of ether oxygens (including phenoxy) is 2. The maximum absolute atomic E-state index is 5.82. The number of hydrogen-bond acceptors (Lipinski definition) is 4. The van der Waals surface area contributed by atoms with Crippen LogP contribution in [0.2, 0.25) is 0 Å². The van der Waals surface area contributed by atoms with Gasteiger partial charge >= 0.3 is 0 Å². The fourth-order valence-corrected chi connectivity index (χ4v) is 3.10. The first-order chi connectivity index (χ1) is 11.3. The molecule has 1 atom stereocenters. The minimum atomic E-state index is 0.566. The number of benzene rings is 1. The zero-order valence-corrected chi connectivity index (χ0v) is 13.6. The Hall–Kier alpha value is -2.07. The van der Waals surface area contributed by atoms with Gasteiger partial charge in [-0.15, -0.1) is 0 Å². The Morgan fingerprint density at radius 3 is 3.00 bits per heavy atom. The first kappa shape index (κ1) is 15.8. The predicted molar refractivity (Wildman–Crippen MR) is 90.7 cm³/mol. The fourth-order valence-electron chi connectivity index (χ4n) is 3.10. The van der Waals surface area contributed by atoms with E-state index in [1.807, 2.05) is 24.3 Å². The molecule has 4 heteroatoms. The molecule has 1 fully saturated rings. The molecule has 0 amide bonds. The van der Waals surface area contributed by atoms with Gasteiger partial charge in [-0.2, -0.15) is 0 Å². The third kappa shape index (κ3) is 4.70. The van der Waals surface area contributed by atoms with Crippen molar-refractivity contribution in [3.05, 3.63) is 54.2 Å². The van der Waals surface area contributed by atoms with E-state index in [9.17, 15) is 0 Å². The van der Waals surface area contributed by atoms with Gasteiger partial charge in [0.05, 0.1) is 13.7 Å². The average Bonchev–Trinajstić information content (AvgIpc) is 2.61. The van der Waals surface area contributed by atoms with E-state index >= 15 is 0 Å². The largest absolute Gasteiger partial charge is 0.497 e. The zero-order chi connectivity index (χ0) is 15.9. The minimum Gasteiger partial charge on any atom is -0.497 e. The quantitative estimate of drug-likeness (QED) is 0.819. The third-order valence-corrected chi connectivity index (χ3v) is 4.25. The lowest BCUT2D eigenvalue weighted by Crippen LogP contribution is -2.37. The average molecular weight is 312 g/mol. The second-order valence-electron chi connectivity index (χ2n) is 6.07. The summed E-state index contributed by atoms with van der Waals surface area (Å²) < 4.78 is 11.1. The van der Waals surface area contributed by atoms with Crippen molar-refractivity contribution in [2.24, 2.45) is 5.92 Å². The third-order valence-electron chi connectivity index (χ3n) is 4.25. The number of pyridine rings is 1. The van der Waals surface area contributed by atoms with Crippen molar-refractivity contribution >= 4 is 0 Å². The number of hydrogen-bond donors (Lipinski definition) is 0. The summed E-state index contributed by atoms with van der Waals surface area (Å²) in [6.45, 7) is 3.93. The van der Waals surface area contributed by atoms with Gasteiger partial charge < -0.3 is 9.47 Å². The van der Waals surface area contributed by atoms with E-state index in [4.69, 9.17) is 9.47 Å². The van der Waals surface area contributed by atoms with Crippen molar-refractivity contribution in [1.29, 1.82) is 0 Å². The minimum absolute atomic E-state index is 0.566. The molecule has 0 saturated carbocycles. The number of likely N-dealkylation sites (tertiary alicyclic amines) is 1. The Balaban J connectivity index is 1.51. The molecular weight excluding hydrogens is 288 g/mol. The lowest BCUT2D eigenvalue weighted by Gasteiger charge is -2.32. The van der Waals surface area contributed by atoms with E-state index in [1.54, 1.807) is 13.3 Å². The van der Waals surface area contributed by atoms with Gasteiger partial charge in [0.25, 0.3) is 0 Å². The summed E-state index contributed by atoms with van der Waals surface area (Å²) in [7, 11) is 1.71. The van der Waals surface area contributed by atoms with Crippen molar-refractivity contribution in [3.8, 4) is 11.6 Å². The highest BCUT2D eigenvalue weighted by molar-refractivity contribution is 5.28. The van der Waals surface area contributed by atoms with E-state index in [0.29, 0.717) is 5.92 Å². The van der Waals surface area contributed by atoms with Crippen molar-refractivity contribution in [2.45, 2.75) is 19.4 Å². The summed E-state index contributed by atoms with van der Waals surface area (Å²) in [6, 6.07) is 14.1. The molecule has 0 N–H and O–H groups in total. The van der Waals surface area contributed by atoms with Gasteiger partial charge in [-0.05, 0) is 43.1 Å². The summed E-state index contributed by atoms with van der Waals surface area (Å²) in [6.07, 6.45) is 4.22. The molecule has 1 aliphatic rings. The number of methoxy groups -OCH3 is 1. The Bertz CT molecular complexity index is 603. The van der Waals surface area contributed by atoms with Gasteiger partial charge in [0.15, 0.2) is 0 Å². The van der Waals surface area contributed by atoms with Gasteiger partial charge in [-0.1, -0.05) is 18.2 Å². The molecule has 23 heavy (non-hydrogen) atoms. The highest BCUT2D eigenvalue weighted by atomic mass is 16.5. The van der Waals surface area contributed by atoms with E-state index in [-0.39, 0.29) is 0 Å². The molecule has 2 heterocycles. The van der Waals surface area contributed by atoms with Crippen LogP contribution in [0.15, 0.2) is 48.7 Å². The summed E-state index contributed by atoms with van der Waals surface area (Å²) >= 11 is 0. The monoisotopic (exact) mass is 312 g/mol. The topological polar surface area (TPSA) is 34.6 Å². The maximum atomic E-state index is 5.82. The van der Waals surface area contributed by atoms with Crippen LogP contribution in [0, 0.1) is 5.92 Å². The summed E-state index contributed by atoms with van der Waals surface area (Å²) in [4.78, 5) is 6.72. The van der Waals surface area contributed by atoms with Crippen LogP contribution in [0.25, 0.3) is 0 Å². The predicted octanol–water partition coefficient (Wildman–Crippen LogP) is 3.38. The molecule has 0 aliphatic carbocycles. The van der Waals surface area contributed by atoms with Gasteiger partial charge in [-0.25, -0.2) is 4.98 Å². The molecule has 0 bridgehead atoms. The van der Waals surface area contributed by atoms with Crippen LogP contribution in [-0.2, 0) is 6.54 Å². The molecule has 122 valence electrons. The Morgan fingerprint density at radius 1 is 1.22 bits per heavy atom. The van der Waals surface area contributed by atoms with Gasteiger partial charge in [0.1, 0.15) is 5.75 Å². The Labute approximate surface area is 138 Å². The summed E-state index contributed by atoms with van der Waals surface area (Å²) in [5.74, 6) is 2.21. The summed E-state index contributed by atoms with van der Waals surface area (Å²) in [5.41, 5.74) is 1.30. The lowest BCUT2D eigenvalue weighted by molar-refractivity contribution is 0.123. The second-order valence-corrected chi connectivity index (χ2v) is 6.07. The molecule has 1 unspecified atom stereocenters. The standard InChI is InChI=1S/C19H24N2O2/c1-22-18-8-4-6-16(12-18)13-21-11-5-7-17(14-21)15-23-19-9-2-3-10-20-19/h2-4,6,8-10,12,17H,5,7,11,13-15H2,1H3. The van der Waals surface area contributed by atoms with Crippen LogP contribution in [-0.4, -0.2) is 36.7 Å². The SMILES string of the molecule is COc1cccc(CN2CCCC(COc3ccccn3)C2)c1. The van der Waals surface area contributed by atoms with E-state index in [0.717, 1.165) is 37.9 Å². The second kappa shape index (κ2) is 7.97.